The second kappa shape index (κ2) is 5.63. The molecule has 0 aromatic carbocycles. The summed E-state index contributed by atoms with van der Waals surface area (Å²) in [5.41, 5.74) is 0.833. The minimum absolute atomic E-state index is 0. The number of pyridine rings is 1. The molecule has 0 spiro atoms. The minimum Gasteiger partial charge on any atom is -0.779 e. The average Bonchev–Trinajstić information content (AvgIpc) is 2.75. The van der Waals surface area contributed by atoms with Gasteiger partial charge in [0.25, 0.3) is 0 Å². The smallest absolute Gasteiger partial charge is 0.779 e. The zero-order valence-electron chi connectivity index (χ0n) is 9.80. The monoisotopic (exact) mass is 257 g/mol. The topological polar surface area (TPSA) is 39.9 Å². The molecule has 17 heavy (non-hydrogen) atoms. The van der Waals surface area contributed by atoms with Gasteiger partial charge in [-0.3, -0.25) is 0 Å². The zero-order chi connectivity index (χ0) is 11.0. The molecule has 0 bridgehead atoms. The van der Waals surface area contributed by atoms with Crippen LogP contribution in [0.15, 0.2) is 23.4 Å². The van der Waals surface area contributed by atoms with Gasteiger partial charge in [0.1, 0.15) is 0 Å². The van der Waals surface area contributed by atoms with E-state index in [1.807, 2.05) is 10.7 Å². The molecule has 6 heteroatoms. The van der Waals surface area contributed by atoms with E-state index in [2.05, 4.69) is 10.1 Å². The van der Waals surface area contributed by atoms with Gasteiger partial charge in [0.2, 0.25) is 0 Å². The first-order valence-corrected chi connectivity index (χ1v) is 5.88. The van der Waals surface area contributed by atoms with Gasteiger partial charge in [0, 0.05) is 18.2 Å². The van der Waals surface area contributed by atoms with Crippen molar-refractivity contribution in [2.75, 3.05) is 6.61 Å². The average molecular weight is 257 g/mol. The Morgan fingerprint density at radius 3 is 3.06 bits per heavy atom. The molecule has 3 rings (SSSR count). The number of hydrogen-bond donors (Lipinski definition) is 0. The largest absolute Gasteiger partial charge is 1.00 e. The van der Waals surface area contributed by atoms with Crippen LogP contribution in [-0.4, -0.2) is 21.4 Å². The summed E-state index contributed by atoms with van der Waals surface area (Å²) >= 11 is 5.23. The Labute approximate surface area is 127 Å². The van der Waals surface area contributed by atoms with Gasteiger partial charge in [-0.05, 0) is 19.3 Å². The quantitative estimate of drug-likeness (QED) is 0.487. The molecule has 1 aliphatic rings. The summed E-state index contributed by atoms with van der Waals surface area (Å²) in [6.07, 6.45) is 6.85. The molecule has 2 aromatic heterocycles. The molecule has 2 aromatic rings. The maximum atomic E-state index is 5.70. The number of aromatic nitrogens is 3. The Balaban J connectivity index is 0.00000108. The van der Waals surface area contributed by atoms with Crippen LogP contribution in [0.4, 0.5) is 0 Å². The van der Waals surface area contributed by atoms with Gasteiger partial charge in [-0.15, -0.1) is 0 Å². The van der Waals surface area contributed by atoms with Crippen molar-refractivity contribution in [1.29, 1.82) is 0 Å². The van der Waals surface area contributed by atoms with Crippen LogP contribution >= 0.6 is 0 Å². The Bertz CT molecular complexity index is 510. The van der Waals surface area contributed by atoms with Crippen molar-refractivity contribution in [2.45, 2.75) is 30.4 Å². The number of nitrogens with zero attached hydrogens (tertiary/aromatic N) is 3. The molecule has 0 N–H and O–H groups in total. The molecule has 4 nitrogen and oxygen atoms in total. The summed E-state index contributed by atoms with van der Waals surface area (Å²) in [4.78, 5) is 5.13. The molecule has 1 unspecified atom stereocenters. The summed E-state index contributed by atoms with van der Waals surface area (Å²) in [6, 6.07) is 1.82. The third-order valence-electron chi connectivity index (χ3n) is 2.89. The van der Waals surface area contributed by atoms with E-state index in [1.165, 1.54) is 6.42 Å². The molecule has 0 aliphatic carbocycles. The summed E-state index contributed by atoms with van der Waals surface area (Å²) in [6.45, 7) is 0.805. The molecule has 1 fully saturated rings. The molecule has 0 saturated carbocycles. The first-order chi connectivity index (χ1) is 7.86. The zero-order valence-corrected chi connectivity index (χ0v) is 12.6. The standard InChI is InChI=1S/C11H13N3OS.Na/c16-9-4-5-12-11-8(9)7-13-14(11)10-3-1-2-6-15-10;/h4-5,7,10H,1-3,6H2,(H,12,16);/q;+1/p-1. The van der Waals surface area contributed by atoms with Crippen molar-refractivity contribution < 1.29 is 34.3 Å². The van der Waals surface area contributed by atoms with Crippen LogP contribution in [0, 0.1) is 0 Å². The normalized spacial score (nSPS) is 20.1. The fraction of sp³-hybridized carbons (Fsp3) is 0.455. The molecular formula is C11H12N3NaOS. The van der Waals surface area contributed by atoms with Gasteiger partial charge in [-0.2, -0.15) is 9.99 Å². The number of hydrogen-bond acceptors (Lipinski definition) is 4. The van der Waals surface area contributed by atoms with Crippen LogP contribution < -0.4 is 29.6 Å². The number of fused-ring (bicyclic) bond motifs is 1. The van der Waals surface area contributed by atoms with Crippen molar-refractivity contribution in [1.82, 2.24) is 14.8 Å². The minimum atomic E-state index is 0. The van der Waals surface area contributed by atoms with E-state index >= 15 is 0 Å². The SMILES string of the molecule is [Na+].[S-]c1ccnc2c1cnn2C1CCCCO1. The summed E-state index contributed by atoms with van der Waals surface area (Å²) in [7, 11) is 0. The Hall–Kier alpha value is -0.200. The van der Waals surface area contributed by atoms with Gasteiger partial charge < -0.3 is 17.4 Å². The second-order valence-electron chi connectivity index (χ2n) is 3.96. The summed E-state index contributed by atoms with van der Waals surface area (Å²) in [5.74, 6) is 0. The van der Waals surface area contributed by atoms with E-state index in [4.69, 9.17) is 17.4 Å². The fourth-order valence-electron chi connectivity index (χ4n) is 2.05. The fourth-order valence-corrected chi connectivity index (χ4v) is 2.26. The summed E-state index contributed by atoms with van der Waals surface area (Å²) in [5, 5.41) is 5.28. The van der Waals surface area contributed by atoms with Crippen LogP contribution in [0.1, 0.15) is 25.5 Å². The van der Waals surface area contributed by atoms with Crippen molar-refractivity contribution in [2.24, 2.45) is 0 Å². The van der Waals surface area contributed by atoms with Crippen LogP contribution in [0.2, 0.25) is 0 Å². The third-order valence-corrected chi connectivity index (χ3v) is 3.24. The first kappa shape index (κ1) is 13.2. The van der Waals surface area contributed by atoms with Crippen molar-refractivity contribution in [3.63, 3.8) is 0 Å². The predicted octanol–water partition coefficient (Wildman–Crippen LogP) is -0.960. The molecular weight excluding hydrogens is 245 g/mol. The molecule has 0 amide bonds. The van der Waals surface area contributed by atoms with Gasteiger partial charge in [-0.25, -0.2) is 9.67 Å². The van der Waals surface area contributed by atoms with E-state index in [-0.39, 0.29) is 35.8 Å². The third kappa shape index (κ3) is 2.48. The number of rotatable bonds is 1. The van der Waals surface area contributed by atoms with E-state index in [0.29, 0.717) is 0 Å². The van der Waals surface area contributed by atoms with Crippen LogP contribution in [0.3, 0.4) is 0 Å². The van der Waals surface area contributed by atoms with Gasteiger partial charge in [0.05, 0.1) is 6.20 Å². The van der Waals surface area contributed by atoms with Crippen molar-refractivity contribution in [3.05, 3.63) is 18.5 Å². The van der Waals surface area contributed by atoms with Gasteiger partial charge >= 0.3 is 29.6 Å². The van der Waals surface area contributed by atoms with Crippen LogP contribution in [-0.2, 0) is 17.4 Å². The Kier molecular flexibility index (Phi) is 4.38. The first-order valence-electron chi connectivity index (χ1n) is 5.47. The molecule has 3 heterocycles. The maximum absolute atomic E-state index is 5.70. The van der Waals surface area contributed by atoms with Gasteiger partial charge in [-0.1, -0.05) is 6.07 Å². The summed E-state index contributed by atoms with van der Waals surface area (Å²) < 4.78 is 7.55. The Morgan fingerprint density at radius 1 is 1.41 bits per heavy atom. The van der Waals surface area contributed by atoms with Gasteiger partial charge in [0.15, 0.2) is 11.9 Å². The van der Waals surface area contributed by atoms with E-state index in [0.717, 1.165) is 35.4 Å². The second-order valence-corrected chi connectivity index (χ2v) is 4.40. The molecule has 0 radical (unpaired) electrons. The maximum Gasteiger partial charge on any atom is 1.00 e. The molecule has 1 aliphatic heterocycles. The van der Waals surface area contributed by atoms with E-state index in [9.17, 15) is 0 Å². The molecule has 84 valence electrons. The molecule has 1 atom stereocenters. The van der Waals surface area contributed by atoms with E-state index in [1.54, 1.807) is 12.4 Å². The predicted molar refractivity (Wildman–Crippen MR) is 62.0 cm³/mol. The van der Waals surface area contributed by atoms with Crippen molar-refractivity contribution >= 4 is 23.7 Å². The molecule has 1 saturated heterocycles. The van der Waals surface area contributed by atoms with Crippen molar-refractivity contribution in [3.8, 4) is 0 Å². The van der Waals surface area contributed by atoms with Crippen LogP contribution in [0.5, 0.6) is 0 Å². The van der Waals surface area contributed by atoms with E-state index < -0.39 is 0 Å². The Morgan fingerprint density at radius 2 is 2.29 bits per heavy atom. The van der Waals surface area contributed by atoms with Crippen LogP contribution in [0.25, 0.3) is 11.0 Å². The number of ether oxygens (including phenoxy) is 1.